The molecule has 23 heavy (non-hydrogen) atoms. The van der Waals surface area contributed by atoms with Crippen LogP contribution in [0.1, 0.15) is 13.8 Å². The van der Waals surface area contributed by atoms with Crippen molar-refractivity contribution in [3.8, 4) is 0 Å². The van der Waals surface area contributed by atoms with E-state index < -0.39 is 0 Å². The molecule has 0 radical (unpaired) electrons. The SMILES string of the molecule is CC(=O)Nc1ccc(NC(=O)[C@H](C)[NH+](C)CC(=O)N(C)C)cc1. The number of quaternary nitrogens is 1. The van der Waals surface area contributed by atoms with Crippen molar-refractivity contribution in [3.05, 3.63) is 24.3 Å². The van der Waals surface area contributed by atoms with Gasteiger partial charge in [0.15, 0.2) is 12.6 Å². The predicted molar refractivity (Wildman–Crippen MR) is 89.3 cm³/mol. The first-order valence-corrected chi connectivity index (χ1v) is 7.41. The van der Waals surface area contributed by atoms with Gasteiger partial charge in [-0.2, -0.15) is 0 Å². The number of carbonyl (C=O) groups excluding carboxylic acids is 3. The molecule has 0 aromatic heterocycles. The summed E-state index contributed by atoms with van der Waals surface area (Å²) < 4.78 is 0. The molecule has 3 amide bonds. The lowest BCUT2D eigenvalue weighted by atomic mass is 10.2. The summed E-state index contributed by atoms with van der Waals surface area (Å²) in [5.41, 5.74) is 1.31. The highest BCUT2D eigenvalue weighted by atomic mass is 16.2. The number of rotatable bonds is 6. The average molecular weight is 321 g/mol. The zero-order valence-corrected chi connectivity index (χ0v) is 14.3. The number of benzene rings is 1. The third kappa shape index (κ3) is 6.07. The van der Waals surface area contributed by atoms with Crippen molar-refractivity contribution in [2.75, 3.05) is 38.3 Å². The van der Waals surface area contributed by atoms with E-state index in [4.69, 9.17) is 0 Å². The van der Waals surface area contributed by atoms with E-state index in [-0.39, 0.29) is 30.3 Å². The lowest BCUT2D eigenvalue weighted by Gasteiger charge is -2.22. The van der Waals surface area contributed by atoms with Crippen LogP contribution in [0.4, 0.5) is 11.4 Å². The van der Waals surface area contributed by atoms with Crippen molar-refractivity contribution in [2.24, 2.45) is 0 Å². The van der Waals surface area contributed by atoms with E-state index in [0.29, 0.717) is 11.4 Å². The summed E-state index contributed by atoms with van der Waals surface area (Å²) in [4.78, 5) is 37.2. The Labute approximate surface area is 136 Å². The van der Waals surface area contributed by atoms with Crippen LogP contribution in [-0.4, -0.2) is 56.4 Å². The van der Waals surface area contributed by atoms with Crippen LogP contribution in [0.5, 0.6) is 0 Å². The number of nitrogens with zero attached hydrogens (tertiary/aromatic N) is 1. The Kier molecular flexibility index (Phi) is 6.71. The van der Waals surface area contributed by atoms with E-state index in [9.17, 15) is 14.4 Å². The van der Waals surface area contributed by atoms with Gasteiger partial charge in [-0.3, -0.25) is 14.4 Å². The summed E-state index contributed by atoms with van der Waals surface area (Å²) in [6.45, 7) is 3.47. The van der Waals surface area contributed by atoms with Crippen LogP contribution in [0, 0.1) is 0 Å². The first-order valence-electron chi connectivity index (χ1n) is 7.41. The summed E-state index contributed by atoms with van der Waals surface area (Å²) in [6, 6.07) is 6.50. The van der Waals surface area contributed by atoms with Gasteiger partial charge in [-0.1, -0.05) is 0 Å². The number of hydrogen-bond donors (Lipinski definition) is 3. The molecule has 1 rings (SSSR count). The van der Waals surface area contributed by atoms with Crippen molar-refractivity contribution < 1.29 is 19.3 Å². The fraction of sp³-hybridized carbons (Fsp3) is 0.438. The first-order chi connectivity index (χ1) is 10.7. The molecule has 7 nitrogen and oxygen atoms in total. The Hall–Kier alpha value is -2.41. The summed E-state index contributed by atoms with van der Waals surface area (Å²) in [6.07, 6.45) is 0. The largest absolute Gasteiger partial charge is 0.344 e. The fourth-order valence-electron chi connectivity index (χ4n) is 1.86. The van der Waals surface area contributed by atoms with E-state index in [0.717, 1.165) is 4.90 Å². The molecule has 1 unspecified atom stereocenters. The molecule has 0 aliphatic heterocycles. The van der Waals surface area contributed by atoms with Gasteiger partial charge < -0.3 is 20.4 Å². The number of carbonyl (C=O) groups is 3. The zero-order chi connectivity index (χ0) is 17.6. The van der Waals surface area contributed by atoms with Crippen molar-refractivity contribution >= 4 is 29.1 Å². The minimum atomic E-state index is -0.367. The third-order valence-electron chi connectivity index (χ3n) is 3.53. The molecule has 3 N–H and O–H groups in total. The van der Waals surface area contributed by atoms with Crippen LogP contribution in [0.2, 0.25) is 0 Å². The van der Waals surface area contributed by atoms with E-state index in [1.807, 2.05) is 7.05 Å². The standard InChI is InChI=1S/C16H24N4O3/c1-11(20(5)10-15(22)19(3)4)16(23)18-14-8-6-13(7-9-14)17-12(2)21/h6-9,11H,10H2,1-5H3,(H,17,21)(H,18,23)/p+1/t11-/m0/s1. The van der Waals surface area contributed by atoms with Crippen molar-refractivity contribution in [2.45, 2.75) is 19.9 Å². The molecule has 0 saturated heterocycles. The van der Waals surface area contributed by atoms with Gasteiger partial charge in [0, 0.05) is 32.4 Å². The third-order valence-corrected chi connectivity index (χ3v) is 3.53. The highest BCUT2D eigenvalue weighted by molar-refractivity contribution is 5.94. The second-order valence-electron chi connectivity index (χ2n) is 5.78. The summed E-state index contributed by atoms with van der Waals surface area (Å²) in [5, 5.41) is 5.47. The minimum Gasteiger partial charge on any atom is -0.344 e. The van der Waals surface area contributed by atoms with Crippen LogP contribution < -0.4 is 15.5 Å². The molecular weight excluding hydrogens is 296 g/mol. The maximum absolute atomic E-state index is 12.2. The lowest BCUT2D eigenvalue weighted by Crippen LogP contribution is -3.15. The van der Waals surface area contributed by atoms with Crippen LogP contribution >= 0.6 is 0 Å². The highest BCUT2D eigenvalue weighted by Crippen LogP contribution is 2.13. The predicted octanol–water partition coefficient (Wildman–Crippen LogP) is -0.425. The monoisotopic (exact) mass is 321 g/mol. The van der Waals surface area contributed by atoms with E-state index in [2.05, 4.69) is 10.6 Å². The summed E-state index contributed by atoms with van der Waals surface area (Å²) in [5.74, 6) is -0.339. The number of hydrogen-bond acceptors (Lipinski definition) is 3. The molecule has 126 valence electrons. The van der Waals surface area contributed by atoms with E-state index >= 15 is 0 Å². The highest BCUT2D eigenvalue weighted by Gasteiger charge is 2.24. The van der Waals surface area contributed by atoms with E-state index in [1.165, 1.54) is 11.8 Å². The normalized spacial score (nSPS) is 12.9. The molecule has 2 atom stereocenters. The summed E-state index contributed by atoms with van der Waals surface area (Å²) >= 11 is 0. The Morgan fingerprint density at radius 3 is 2.00 bits per heavy atom. The van der Waals surface area contributed by atoms with Gasteiger partial charge in [0.1, 0.15) is 0 Å². The summed E-state index contributed by atoms with van der Waals surface area (Å²) in [7, 11) is 5.19. The number of likely N-dealkylation sites (N-methyl/N-ethyl adjacent to an activating group) is 2. The number of amides is 3. The zero-order valence-electron chi connectivity index (χ0n) is 14.3. The van der Waals surface area contributed by atoms with Crippen LogP contribution in [0.25, 0.3) is 0 Å². The smallest absolute Gasteiger partial charge is 0.282 e. The average Bonchev–Trinajstić information content (AvgIpc) is 2.47. The molecule has 0 fully saturated rings. The molecule has 0 heterocycles. The van der Waals surface area contributed by atoms with Gasteiger partial charge in [0.05, 0.1) is 7.05 Å². The topological polar surface area (TPSA) is 83.0 Å². The van der Waals surface area contributed by atoms with Crippen LogP contribution in [0.15, 0.2) is 24.3 Å². The van der Waals surface area contributed by atoms with Crippen molar-refractivity contribution in [1.29, 1.82) is 0 Å². The molecule has 1 aromatic carbocycles. The molecule has 0 spiro atoms. The molecule has 0 aliphatic rings. The van der Waals surface area contributed by atoms with E-state index in [1.54, 1.807) is 45.3 Å². The number of anilines is 2. The lowest BCUT2D eigenvalue weighted by molar-refractivity contribution is -0.886. The van der Waals surface area contributed by atoms with Gasteiger partial charge in [-0.25, -0.2) is 0 Å². The Bertz CT molecular complexity index is 569. The molecule has 1 aromatic rings. The molecule has 0 saturated carbocycles. The fourth-order valence-corrected chi connectivity index (χ4v) is 1.86. The first kappa shape index (κ1) is 18.6. The Morgan fingerprint density at radius 1 is 1.09 bits per heavy atom. The second kappa shape index (κ2) is 8.28. The Balaban J connectivity index is 2.60. The quantitative estimate of drug-likeness (QED) is 0.665. The second-order valence-corrected chi connectivity index (χ2v) is 5.78. The Morgan fingerprint density at radius 2 is 1.57 bits per heavy atom. The van der Waals surface area contributed by atoms with Crippen LogP contribution in [0.3, 0.4) is 0 Å². The van der Waals surface area contributed by atoms with Gasteiger partial charge >= 0.3 is 0 Å². The number of nitrogens with one attached hydrogen (secondary N) is 3. The van der Waals surface area contributed by atoms with Crippen molar-refractivity contribution in [1.82, 2.24) is 4.90 Å². The van der Waals surface area contributed by atoms with Gasteiger partial charge in [-0.05, 0) is 31.2 Å². The van der Waals surface area contributed by atoms with Gasteiger partial charge in [0.2, 0.25) is 5.91 Å². The minimum absolute atomic E-state index is 0.0261. The molecule has 0 bridgehead atoms. The van der Waals surface area contributed by atoms with Crippen molar-refractivity contribution in [3.63, 3.8) is 0 Å². The van der Waals surface area contributed by atoms with Crippen LogP contribution in [-0.2, 0) is 14.4 Å². The van der Waals surface area contributed by atoms with Gasteiger partial charge in [0.25, 0.3) is 11.8 Å². The molecule has 7 heteroatoms. The maximum Gasteiger partial charge on any atom is 0.282 e. The molecular formula is C16H25N4O3+. The van der Waals surface area contributed by atoms with Gasteiger partial charge in [-0.15, -0.1) is 0 Å². The molecule has 0 aliphatic carbocycles. The maximum atomic E-state index is 12.2.